The van der Waals surface area contributed by atoms with Crippen LogP contribution < -0.4 is 9.64 Å². The van der Waals surface area contributed by atoms with Crippen molar-refractivity contribution in [2.24, 2.45) is 17.8 Å². The number of amides is 1. The van der Waals surface area contributed by atoms with E-state index in [-0.39, 0.29) is 17.7 Å². The lowest BCUT2D eigenvalue weighted by Crippen LogP contribution is -2.42. The molecule has 0 radical (unpaired) electrons. The van der Waals surface area contributed by atoms with Gasteiger partial charge in [0.1, 0.15) is 11.6 Å². The molecule has 3 aliphatic carbocycles. The molecule has 2 aromatic heterocycles. The Bertz CT molecular complexity index is 1410. The van der Waals surface area contributed by atoms with Crippen LogP contribution in [-0.4, -0.2) is 45.4 Å². The van der Waals surface area contributed by atoms with Gasteiger partial charge in [0, 0.05) is 30.4 Å². The summed E-state index contributed by atoms with van der Waals surface area (Å²) in [6.45, 7) is 2.74. The third-order valence-corrected chi connectivity index (χ3v) is 9.75. The third kappa shape index (κ3) is 6.22. The fraction of sp³-hybridized carbons (Fsp3) is 0.529. The molecule has 0 saturated heterocycles. The molecule has 0 bridgehead atoms. The minimum atomic E-state index is -0.748. The number of carboxylic acids is 1. The van der Waals surface area contributed by atoms with Crippen LogP contribution in [0, 0.1) is 24.7 Å². The molecule has 1 N–H and O–H groups in total. The quantitative estimate of drug-likeness (QED) is 0.304. The zero-order valence-corrected chi connectivity index (χ0v) is 24.7. The zero-order chi connectivity index (χ0) is 29.2. The fourth-order valence-corrected chi connectivity index (χ4v) is 6.97. The van der Waals surface area contributed by atoms with Crippen molar-refractivity contribution in [1.29, 1.82) is 0 Å². The summed E-state index contributed by atoms with van der Waals surface area (Å²) in [5.74, 6) is 1.35. The molecule has 8 nitrogen and oxygen atoms in total. The van der Waals surface area contributed by atoms with Gasteiger partial charge in [0.2, 0.25) is 5.91 Å². The minimum absolute atomic E-state index is 0.0880. The smallest absolute Gasteiger partial charge is 0.306 e. The van der Waals surface area contributed by atoms with E-state index < -0.39 is 5.97 Å². The summed E-state index contributed by atoms with van der Waals surface area (Å²) in [4.78, 5) is 32.2. The van der Waals surface area contributed by atoms with Crippen LogP contribution in [-0.2, 0) is 9.59 Å². The van der Waals surface area contributed by atoms with Crippen LogP contribution in [0.4, 0.5) is 5.82 Å². The highest BCUT2D eigenvalue weighted by Crippen LogP contribution is 2.39. The average molecular weight is 571 g/mol. The SMILES string of the molecule is COc1ccc(C2CCC(CN(C(=O)C3CCC(C(=O)O)CC3)c3cc(-c4cnn(C5CC5)c4)ccn3)CC2)cc1C. The Morgan fingerprint density at radius 2 is 1.69 bits per heavy atom. The number of ether oxygens (including phenoxy) is 1. The predicted molar refractivity (Wildman–Crippen MR) is 162 cm³/mol. The molecule has 8 heteroatoms. The predicted octanol–water partition coefficient (Wildman–Crippen LogP) is 6.80. The van der Waals surface area contributed by atoms with Crippen molar-refractivity contribution in [3.05, 3.63) is 60.0 Å². The van der Waals surface area contributed by atoms with Crippen molar-refractivity contribution in [2.45, 2.75) is 83.1 Å². The number of anilines is 1. The van der Waals surface area contributed by atoms with Gasteiger partial charge in [-0.15, -0.1) is 0 Å². The molecule has 0 atom stereocenters. The molecule has 3 aromatic rings. The number of hydrogen-bond donors (Lipinski definition) is 1. The van der Waals surface area contributed by atoms with E-state index in [9.17, 15) is 14.7 Å². The second kappa shape index (κ2) is 12.3. The molecule has 3 saturated carbocycles. The largest absolute Gasteiger partial charge is 0.496 e. The van der Waals surface area contributed by atoms with E-state index in [1.165, 1.54) is 24.0 Å². The molecule has 0 aliphatic heterocycles. The normalized spacial score (nSPS) is 24.2. The standard InChI is InChI=1S/C34H42N4O4/c1-22-17-27(11-14-31(22)42-2)24-5-3-23(4-6-24)20-37(33(39)25-7-9-26(10-8-25)34(40)41)32-18-28(15-16-35-32)29-19-36-38(21-29)30-12-13-30/h11,14-19,21,23-26,30H,3-10,12-13,20H2,1-2H3,(H,40,41). The minimum Gasteiger partial charge on any atom is -0.496 e. The van der Waals surface area contributed by atoms with Gasteiger partial charge in [0.25, 0.3) is 0 Å². The van der Waals surface area contributed by atoms with Gasteiger partial charge in [0.05, 0.1) is 25.3 Å². The molecule has 1 aromatic carbocycles. The van der Waals surface area contributed by atoms with Crippen LogP contribution in [0.3, 0.4) is 0 Å². The monoisotopic (exact) mass is 570 g/mol. The Morgan fingerprint density at radius 3 is 2.36 bits per heavy atom. The number of rotatable bonds is 9. The lowest BCUT2D eigenvalue weighted by atomic mass is 9.78. The molecule has 0 spiro atoms. The number of aryl methyl sites for hydroxylation is 1. The number of benzene rings is 1. The molecular formula is C34H42N4O4. The Hall–Kier alpha value is -3.68. The number of carboxylic acid groups (broad SMARTS) is 1. The fourth-order valence-electron chi connectivity index (χ4n) is 6.97. The van der Waals surface area contributed by atoms with Gasteiger partial charge in [-0.2, -0.15) is 5.10 Å². The van der Waals surface area contributed by atoms with Crippen LogP contribution in [0.5, 0.6) is 5.75 Å². The van der Waals surface area contributed by atoms with Gasteiger partial charge in [-0.1, -0.05) is 12.1 Å². The first-order chi connectivity index (χ1) is 20.4. The Balaban J connectivity index is 1.19. The first kappa shape index (κ1) is 28.4. The van der Waals surface area contributed by atoms with Gasteiger partial charge >= 0.3 is 5.97 Å². The van der Waals surface area contributed by atoms with E-state index in [4.69, 9.17) is 9.72 Å². The summed E-state index contributed by atoms with van der Waals surface area (Å²) in [5, 5.41) is 14.0. The number of nitrogens with zero attached hydrogens (tertiary/aromatic N) is 4. The summed E-state index contributed by atoms with van der Waals surface area (Å²) < 4.78 is 7.50. The highest BCUT2D eigenvalue weighted by molar-refractivity contribution is 5.95. The van der Waals surface area contributed by atoms with Gasteiger partial charge in [0.15, 0.2) is 0 Å². The second-order valence-electron chi connectivity index (χ2n) is 12.6. The molecule has 222 valence electrons. The number of pyridine rings is 1. The number of aliphatic carboxylic acids is 1. The van der Waals surface area contributed by atoms with E-state index in [1.54, 1.807) is 13.3 Å². The first-order valence-corrected chi connectivity index (χ1v) is 15.6. The lowest BCUT2D eigenvalue weighted by molar-refractivity contribution is -0.144. The van der Waals surface area contributed by atoms with E-state index in [0.29, 0.717) is 55.9 Å². The number of carbonyl (C=O) groups is 2. The maximum atomic E-state index is 14.1. The third-order valence-electron chi connectivity index (χ3n) is 9.75. The molecule has 6 rings (SSSR count). The molecule has 3 aliphatic rings. The first-order valence-electron chi connectivity index (χ1n) is 15.6. The maximum Gasteiger partial charge on any atom is 0.306 e. The molecule has 1 amide bonds. The van der Waals surface area contributed by atoms with Crippen LogP contribution in [0.15, 0.2) is 48.9 Å². The molecule has 2 heterocycles. The zero-order valence-electron chi connectivity index (χ0n) is 24.7. The summed E-state index contributed by atoms with van der Waals surface area (Å²) >= 11 is 0. The number of carbonyl (C=O) groups excluding carboxylic acids is 1. The van der Waals surface area contributed by atoms with Crippen molar-refractivity contribution in [2.75, 3.05) is 18.6 Å². The second-order valence-corrected chi connectivity index (χ2v) is 12.6. The number of methoxy groups -OCH3 is 1. The Labute approximate surface area is 248 Å². The summed E-state index contributed by atoms with van der Waals surface area (Å²) in [5.41, 5.74) is 4.59. The summed E-state index contributed by atoms with van der Waals surface area (Å²) in [6.07, 6.45) is 14.8. The van der Waals surface area contributed by atoms with Gasteiger partial charge in [-0.3, -0.25) is 19.2 Å². The lowest BCUT2D eigenvalue weighted by Gasteiger charge is -2.35. The number of aromatic nitrogens is 3. The van der Waals surface area contributed by atoms with Gasteiger partial charge < -0.3 is 9.84 Å². The van der Waals surface area contributed by atoms with Gasteiger partial charge in [-0.25, -0.2) is 4.98 Å². The highest BCUT2D eigenvalue weighted by atomic mass is 16.5. The van der Waals surface area contributed by atoms with Crippen molar-refractivity contribution in [3.63, 3.8) is 0 Å². The van der Waals surface area contributed by atoms with Crippen molar-refractivity contribution >= 4 is 17.7 Å². The Morgan fingerprint density at radius 1 is 0.952 bits per heavy atom. The van der Waals surface area contributed by atoms with E-state index in [0.717, 1.165) is 42.6 Å². The van der Waals surface area contributed by atoms with Crippen LogP contribution in [0.2, 0.25) is 0 Å². The van der Waals surface area contributed by atoms with Crippen LogP contribution in [0.25, 0.3) is 11.1 Å². The van der Waals surface area contributed by atoms with Crippen LogP contribution >= 0.6 is 0 Å². The Kier molecular flexibility index (Phi) is 8.31. The summed E-state index contributed by atoms with van der Waals surface area (Å²) in [6, 6.07) is 11.1. The number of hydrogen-bond acceptors (Lipinski definition) is 5. The molecule has 3 fully saturated rings. The highest BCUT2D eigenvalue weighted by Gasteiger charge is 2.35. The van der Waals surface area contributed by atoms with Crippen molar-refractivity contribution in [1.82, 2.24) is 14.8 Å². The van der Waals surface area contributed by atoms with Crippen molar-refractivity contribution in [3.8, 4) is 16.9 Å². The van der Waals surface area contributed by atoms with Crippen molar-refractivity contribution < 1.29 is 19.4 Å². The van der Waals surface area contributed by atoms with E-state index in [1.807, 2.05) is 27.9 Å². The van der Waals surface area contributed by atoms with E-state index >= 15 is 0 Å². The van der Waals surface area contributed by atoms with E-state index in [2.05, 4.69) is 36.4 Å². The molecule has 0 unspecified atom stereocenters. The van der Waals surface area contributed by atoms with Crippen LogP contribution in [0.1, 0.15) is 87.3 Å². The average Bonchev–Trinajstić information content (AvgIpc) is 3.75. The maximum absolute atomic E-state index is 14.1. The van der Waals surface area contributed by atoms with Gasteiger partial charge in [-0.05, 0) is 118 Å². The molecular weight excluding hydrogens is 528 g/mol. The summed E-state index contributed by atoms with van der Waals surface area (Å²) in [7, 11) is 1.71. The molecule has 42 heavy (non-hydrogen) atoms. The topological polar surface area (TPSA) is 97.5 Å².